The van der Waals surface area contributed by atoms with Crippen LogP contribution < -0.4 is 4.90 Å². The summed E-state index contributed by atoms with van der Waals surface area (Å²) in [6.07, 6.45) is 2.71. The summed E-state index contributed by atoms with van der Waals surface area (Å²) in [5.41, 5.74) is 3.61. The SMILES string of the molecule is Cc1nccc2c1C(=O)N(CCN1CCN(c3noc4ccccc34)CC1)CC2. The second-order valence-electron chi connectivity index (χ2n) is 7.80. The van der Waals surface area contributed by atoms with Gasteiger partial charge in [-0.05, 0) is 37.1 Å². The molecule has 1 aromatic carbocycles. The minimum absolute atomic E-state index is 0.129. The van der Waals surface area contributed by atoms with Gasteiger partial charge in [0, 0.05) is 52.0 Å². The van der Waals surface area contributed by atoms with E-state index in [4.69, 9.17) is 4.52 Å². The summed E-state index contributed by atoms with van der Waals surface area (Å²) in [7, 11) is 0. The van der Waals surface area contributed by atoms with Gasteiger partial charge in [-0.25, -0.2) is 0 Å². The van der Waals surface area contributed by atoms with Crippen LogP contribution in [0.4, 0.5) is 5.82 Å². The van der Waals surface area contributed by atoms with E-state index in [1.165, 1.54) is 0 Å². The van der Waals surface area contributed by atoms with Crippen molar-refractivity contribution in [2.45, 2.75) is 13.3 Å². The van der Waals surface area contributed by atoms with Gasteiger partial charge in [-0.2, -0.15) is 0 Å². The van der Waals surface area contributed by atoms with Crippen LogP contribution in [0.15, 0.2) is 41.1 Å². The highest BCUT2D eigenvalue weighted by Gasteiger charge is 2.27. The van der Waals surface area contributed by atoms with Crippen molar-refractivity contribution in [1.29, 1.82) is 0 Å². The Morgan fingerprint density at radius 2 is 1.86 bits per heavy atom. The van der Waals surface area contributed by atoms with E-state index >= 15 is 0 Å². The Bertz CT molecular complexity index is 1040. The molecule has 2 aliphatic rings. The molecule has 1 amide bonds. The van der Waals surface area contributed by atoms with E-state index < -0.39 is 0 Å². The van der Waals surface area contributed by atoms with Gasteiger partial charge in [0.1, 0.15) is 0 Å². The van der Waals surface area contributed by atoms with Gasteiger partial charge in [0.25, 0.3) is 5.91 Å². The molecule has 1 fully saturated rings. The van der Waals surface area contributed by atoms with Crippen molar-refractivity contribution in [3.63, 3.8) is 0 Å². The van der Waals surface area contributed by atoms with Crippen LogP contribution in [0.25, 0.3) is 11.0 Å². The molecular formula is C22H25N5O2. The average Bonchev–Trinajstić information content (AvgIpc) is 3.18. The predicted molar refractivity (Wildman–Crippen MR) is 111 cm³/mol. The minimum Gasteiger partial charge on any atom is -0.354 e. The van der Waals surface area contributed by atoms with Crippen molar-refractivity contribution in [1.82, 2.24) is 19.9 Å². The first-order valence-electron chi connectivity index (χ1n) is 10.3. The molecular weight excluding hydrogens is 366 g/mol. The van der Waals surface area contributed by atoms with Gasteiger partial charge in [0.2, 0.25) is 0 Å². The van der Waals surface area contributed by atoms with Crippen LogP contribution in [0.1, 0.15) is 21.6 Å². The number of hydrogen-bond acceptors (Lipinski definition) is 6. The zero-order valence-electron chi connectivity index (χ0n) is 16.7. The lowest BCUT2D eigenvalue weighted by Crippen LogP contribution is -2.50. The van der Waals surface area contributed by atoms with Crippen molar-refractivity contribution in [2.75, 3.05) is 50.7 Å². The maximum absolute atomic E-state index is 12.9. The van der Waals surface area contributed by atoms with E-state index in [2.05, 4.69) is 26.0 Å². The molecule has 0 unspecified atom stereocenters. The number of pyridine rings is 1. The number of benzene rings is 1. The van der Waals surface area contributed by atoms with Crippen molar-refractivity contribution in [2.24, 2.45) is 0 Å². The number of fused-ring (bicyclic) bond motifs is 2. The van der Waals surface area contributed by atoms with Gasteiger partial charge >= 0.3 is 0 Å². The van der Waals surface area contributed by atoms with Crippen LogP contribution in [0, 0.1) is 6.92 Å². The van der Waals surface area contributed by atoms with Crippen molar-refractivity contribution in [3.05, 3.63) is 53.3 Å². The fraction of sp³-hybridized carbons (Fsp3) is 0.409. The molecule has 29 heavy (non-hydrogen) atoms. The summed E-state index contributed by atoms with van der Waals surface area (Å²) in [4.78, 5) is 23.9. The van der Waals surface area contributed by atoms with Crippen LogP contribution in [-0.4, -0.2) is 71.7 Å². The molecule has 2 aliphatic heterocycles. The van der Waals surface area contributed by atoms with Gasteiger partial charge in [-0.3, -0.25) is 14.7 Å². The molecule has 3 aromatic rings. The molecule has 5 rings (SSSR count). The van der Waals surface area contributed by atoms with Gasteiger partial charge in [0.05, 0.1) is 16.6 Å². The number of amides is 1. The Morgan fingerprint density at radius 3 is 2.72 bits per heavy atom. The first kappa shape index (κ1) is 18.1. The number of rotatable bonds is 4. The van der Waals surface area contributed by atoms with Gasteiger partial charge in [-0.1, -0.05) is 17.3 Å². The summed E-state index contributed by atoms with van der Waals surface area (Å²) in [5.74, 6) is 1.07. The van der Waals surface area contributed by atoms with E-state index in [1.807, 2.05) is 36.1 Å². The third kappa shape index (κ3) is 3.35. The van der Waals surface area contributed by atoms with Crippen molar-refractivity contribution in [3.8, 4) is 0 Å². The molecule has 1 saturated heterocycles. The second kappa shape index (κ2) is 7.48. The quantitative estimate of drug-likeness (QED) is 0.680. The first-order valence-corrected chi connectivity index (χ1v) is 10.3. The lowest BCUT2D eigenvalue weighted by atomic mass is 9.98. The Labute approximate surface area is 169 Å². The number of para-hydroxylation sites is 1. The minimum atomic E-state index is 0.129. The van der Waals surface area contributed by atoms with Crippen LogP contribution in [0.2, 0.25) is 0 Å². The summed E-state index contributed by atoms with van der Waals surface area (Å²) >= 11 is 0. The van der Waals surface area contributed by atoms with E-state index in [0.29, 0.717) is 0 Å². The maximum Gasteiger partial charge on any atom is 0.256 e. The third-order valence-electron chi connectivity index (χ3n) is 6.10. The number of nitrogens with zero attached hydrogens (tertiary/aromatic N) is 5. The number of anilines is 1. The summed E-state index contributed by atoms with van der Waals surface area (Å²) in [5, 5.41) is 5.35. The zero-order chi connectivity index (χ0) is 19.8. The third-order valence-corrected chi connectivity index (χ3v) is 6.10. The fourth-order valence-corrected chi connectivity index (χ4v) is 4.39. The highest BCUT2D eigenvalue weighted by Crippen LogP contribution is 2.26. The van der Waals surface area contributed by atoms with Gasteiger partial charge in [-0.15, -0.1) is 0 Å². The van der Waals surface area contributed by atoms with Gasteiger partial charge in [0.15, 0.2) is 11.4 Å². The standard InChI is InChI=1S/C22H25N5O2/c1-16-20-17(6-8-23-16)7-9-27(22(20)28)15-12-25-10-13-26(14-11-25)21-18-4-2-3-5-19(18)29-24-21/h2-6,8H,7,9-15H2,1H3. The normalized spacial score (nSPS) is 17.8. The molecule has 2 aromatic heterocycles. The van der Waals surface area contributed by atoms with E-state index in [1.54, 1.807) is 6.20 Å². The first-order chi connectivity index (χ1) is 14.2. The van der Waals surface area contributed by atoms with E-state index in [-0.39, 0.29) is 5.91 Å². The second-order valence-corrected chi connectivity index (χ2v) is 7.80. The topological polar surface area (TPSA) is 65.7 Å². The molecule has 0 spiro atoms. The Balaban J connectivity index is 1.18. The number of aryl methyl sites for hydroxylation is 1. The smallest absolute Gasteiger partial charge is 0.256 e. The fourth-order valence-electron chi connectivity index (χ4n) is 4.39. The van der Waals surface area contributed by atoms with Gasteiger partial charge < -0.3 is 14.3 Å². The Morgan fingerprint density at radius 1 is 1.03 bits per heavy atom. The monoisotopic (exact) mass is 391 g/mol. The largest absolute Gasteiger partial charge is 0.354 e. The molecule has 0 aliphatic carbocycles. The molecule has 150 valence electrons. The molecule has 4 heterocycles. The highest BCUT2D eigenvalue weighted by atomic mass is 16.5. The van der Waals surface area contributed by atoms with E-state index in [0.717, 1.165) is 85.8 Å². The number of aromatic nitrogens is 2. The van der Waals surface area contributed by atoms with Crippen molar-refractivity contribution < 1.29 is 9.32 Å². The number of carbonyl (C=O) groups is 1. The predicted octanol–water partition coefficient (Wildman–Crippen LogP) is 2.35. The summed E-state index contributed by atoms with van der Waals surface area (Å²) < 4.78 is 5.45. The maximum atomic E-state index is 12.9. The number of hydrogen-bond donors (Lipinski definition) is 0. The van der Waals surface area contributed by atoms with Crippen LogP contribution in [-0.2, 0) is 6.42 Å². The average molecular weight is 391 g/mol. The molecule has 7 nitrogen and oxygen atoms in total. The molecule has 0 atom stereocenters. The lowest BCUT2D eigenvalue weighted by Gasteiger charge is -2.36. The summed E-state index contributed by atoms with van der Waals surface area (Å²) in [6, 6.07) is 9.97. The van der Waals surface area contributed by atoms with Crippen LogP contribution in [0.3, 0.4) is 0 Å². The van der Waals surface area contributed by atoms with Crippen LogP contribution in [0.5, 0.6) is 0 Å². The van der Waals surface area contributed by atoms with E-state index in [9.17, 15) is 4.79 Å². The lowest BCUT2D eigenvalue weighted by molar-refractivity contribution is 0.0715. The molecule has 0 bridgehead atoms. The zero-order valence-corrected chi connectivity index (χ0v) is 16.7. The number of carbonyl (C=O) groups excluding carboxylic acids is 1. The molecule has 0 radical (unpaired) electrons. The van der Waals surface area contributed by atoms with Crippen molar-refractivity contribution >= 4 is 22.7 Å². The molecule has 0 saturated carbocycles. The summed E-state index contributed by atoms with van der Waals surface area (Å²) in [6.45, 7) is 8.12. The highest BCUT2D eigenvalue weighted by molar-refractivity contribution is 5.97. The Hall–Kier alpha value is -2.93. The molecule has 0 N–H and O–H groups in total. The Kier molecular flexibility index (Phi) is 4.67. The molecule has 7 heteroatoms. The number of piperazine rings is 1. The van der Waals surface area contributed by atoms with Crippen LogP contribution >= 0.6 is 0 Å².